The molecule has 1 unspecified atom stereocenters. The molecule has 1 aliphatic rings. The van der Waals surface area contributed by atoms with E-state index in [-0.39, 0.29) is 17.7 Å². The maximum Gasteiger partial charge on any atom is 0.312 e. The van der Waals surface area contributed by atoms with Crippen molar-refractivity contribution >= 4 is 5.97 Å². The van der Waals surface area contributed by atoms with Crippen LogP contribution in [0.2, 0.25) is 0 Å². The molecule has 0 amide bonds. The molecule has 3 nitrogen and oxygen atoms in total. The van der Waals surface area contributed by atoms with Gasteiger partial charge in [0.05, 0.1) is 12.5 Å². The van der Waals surface area contributed by atoms with Crippen LogP contribution in [0.25, 0.3) is 0 Å². The highest BCUT2D eigenvalue weighted by Crippen LogP contribution is 2.28. The minimum Gasteiger partial charge on any atom is -0.492 e. The van der Waals surface area contributed by atoms with Gasteiger partial charge in [-0.15, -0.1) is 0 Å². The maximum absolute atomic E-state index is 13.1. The van der Waals surface area contributed by atoms with E-state index < -0.39 is 0 Å². The average molecular weight is 252 g/mol. The third kappa shape index (κ3) is 3.00. The van der Waals surface area contributed by atoms with Crippen molar-refractivity contribution < 1.29 is 18.7 Å². The predicted octanol–water partition coefficient (Wildman–Crippen LogP) is 2.58. The third-order valence-electron chi connectivity index (χ3n) is 2.82. The molecule has 1 aromatic carbocycles. The SMILES string of the molecule is CC(C)COC(=O)C1COc2ccc(F)cc2C1. The van der Waals surface area contributed by atoms with Gasteiger partial charge in [0.1, 0.15) is 18.2 Å². The van der Waals surface area contributed by atoms with E-state index in [0.717, 1.165) is 5.56 Å². The van der Waals surface area contributed by atoms with Gasteiger partial charge in [0.15, 0.2) is 0 Å². The molecule has 0 bridgehead atoms. The molecule has 0 saturated carbocycles. The van der Waals surface area contributed by atoms with Crippen molar-refractivity contribution in [1.82, 2.24) is 0 Å². The summed E-state index contributed by atoms with van der Waals surface area (Å²) in [5.74, 6) is 0.0534. The van der Waals surface area contributed by atoms with E-state index in [1.807, 2.05) is 13.8 Å². The summed E-state index contributed by atoms with van der Waals surface area (Å²) in [6.07, 6.45) is 0.476. The van der Waals surface area contributed by atoms with Crippen LogP contribution in [-0.2, 0) is 16.0 Å². The van der Waals surface area contributed by atoms with Gasteiger partial charge in [-0.05, 0) is 36.1 Å². The first-order valence-corrected chi connectivity index (χ1v) is 6.14. The van der Waals surface area contributed by atoms with Gasteiger partial charge in [0.2, 0.25) is 0 Å². The third-order valence-corrected chi connectivity index (χ3v) is 2.82. The van der Waals surface area contributed by atoms with Crippen molar-refractivity contribution in [3.8, 4) is 5.75 Å². The number of esters is 1. The lowest BCUT2D eigenvalue weighted by Crippen LogP contribution is -2.30. The Hall–Kier alpha value is -1.58. The van der Waals surface area contributed by atoms with Gasteiger partial charge in [0, 0.05) is 0 Å². The number of benzene rings is 1. The van der Waals surface area contributed by atoms with Gasteiger partial charge in [-0.2, -0.15) is 0 Å². The van der Waals surface area contributed by atoms with Crippen LogP contribution in [0.4, 0.5) is 4.39 Å². The summed E-state index contributed by atoms with van der Waals surface area (Å²) in [7, 11) is 0. The fraction of sp³-hybridized carbons (Fsp3) is 0.500. The number of rotatable bonds is 3. The highest BCUT2D eigenvalue weighted by atomic mass is 19.1. The van der Waals surface area contributed by atoms with Crippen LogP contribution in [0.15, 0.2) is 18.2 Å². The molecule has 4 heteroatoms. The number of halogens is 1. The molecular formula is C14H17FO3. The molecule has 0 N–H and O–H groups in total. The molecule has 18 heavy (non-hydrogen) atoms. The highest BCUT2D eigenvalue weighted by Gasteiger charge is 2.27. The Morgan fingerprint density at radius 3 is 3.06 bits per heavy atom. The first-order valence-electron chi connectivity index (χ1n) is 6.14. The van der Waals surface area contributed by atoms with Crippen molar-refractivity contribution in [3.05, 3.63) is 29.6 Å². The van der Waals surface area contributed by atoms with Gasteiger partial charge in [-0.25, -0.2) is 4.39 Å². The lowest BCUT2D eigenvalue weighted by molar-refractivity contribution is -0.151. The standard InChI is InChI=1S/C14H17FO3/c1-9(2)7-18-14(16)11-5-10-6-12(15)3-4-13(10)17-8-11/h3-4,6,9,11H,5,7-8H2,1-2H3. The highest BCUT2D eigenvalue weighted by molar-refractivity contribution is 5.73. The number of hydrogen-bond donors (Lipinski definition) is 0. The van der Waals surface area contributed by atoms with Crippen LogP contribution in [-0.4, -0.2) is 19.2 Å². The zero-order valence-corrected chi connectivity index (χ0v) is 10.6. The Balaban J connectivity index is 2.00. The zero-order valence-electron chi connectivity index (χ0n) is 10.6. The van der Waals surface area contributed by atoms with Gasteiger partial charge < -0.3 is 9.47 Å². The Bertz CT molecular complexity index is 443. The average Bonchev–Trinajstić information content (AvgIpc) is 2.34. The molecule has 0 saturated heterocycles. The normalized spacial score (nSPS) is 18.1. The number of fused-ring (bicyclic) bond motifs is 1. The van der Waals surface area contributed by atoms with E-state index in [1.165, 1.54) is 12.1 Å². The van der Waals surface area contributed by atoms with Crippen molar-refractivity contribution in [1.29, 1.82) is 0 Å². The fourth-order valence-corrected chi connectivity index (χ4v) is 1.88. The minimum atomic E-state index is -0.335. The van der Waals surface area contributed by atoms with Gasteiger partial charge in [-0.1, -0.05) is 13.8 Å². The Morgan fingerprint density at radius 2 is 2.33 bits per heavy atom. The molecule has 0 fully saturated rings. The summed E-state index contributed by atoms with van der Waals surface area (Å²) < 4.78 is 23.7. The first-order chi connectivity index (χ1) is 8.56. The van der Waals surface area contributed by atoms with Crippen LogP contribution in [0.1, 0.15) is 19.4 Å². The second-order valence-corrected chi connectivity index (χ2v) is 4.99. The first kappa shape index (κ1) is 12.9. The quantitative estimate of drug-likeness (QED) is 0.776. The van der Waals surface area contributed by atoms with E-state index in [2.05, 4.69) is 0 Å². The number of carbonyl (C=O) groups is 1. The minimum absolute atomic E-state index is 0.265. The van der Waals surface area contributed by atoms with Gasteiger partial charge in [-0.3, -0.25) is 4.79 Å². The fourth-order valence-electron chi connectivity index (χ4n) is 1.88. The molecule has 98 valence electrons. The predicted molar refractivity (Wildman–Crippen MR) is 64.9 cm³/mol. The summed E-state index contributed by atoms with van der Waals surface area (Å²) in [6.45, 7) is 4.67. The molecule has 0 aliphatic carbocycles. The van der Waals surface area contributed by atoms with E-state index >= 15 is 0 Å². The lowest BCUT2D eigenvalue weighted by Gasteiger charge is -2.24. The Labute approximate surface area is 106 Å². The molecule has 1 heterocycles. The smallest absolute Gasteiger partial charge is 0.312 e. The van der Waals surface area contributed by atoms with Crippen LogP contribution in [0.3, 0.4) is 0 Å². The van der Waals surface area contributed by atoms with Crippen LogP contribution >= 0.6 is 0 Å². The molecule has 0 radical (unpaired) electrons. The maximum atomic E-state index is 13.1. The topological polar surface area (TPSA) is 35.5 Å². The lowest BCUT2D eigenvalue weighted by atomic mass is 9.97. The van der Waals surface area contributed by atoms with Crippen LogP contribution < -0.4 is 4.74 Å². The zero-order chi connectivity index (χ0) is 13.1. The van der Waals surface area contributed by atoms with Crippen molar-refractivity contribution in [3.63, 3.8) is 0 Å². The monoisotopic (exact) mass is 252 g/mol. The summed E-state index contributed by atoms with van der Waals surface area (Å²) in [5.41, 5.74) is 0.729. The van der Waals surface area contributed by atoms with E-state index in [1.54, 1.807) is 6.07 Å². The van der Waals surface area contributed by atoms with Crippen molar-refractivity contribution in [2.45, 2.75) is 20.3 Å². The van der Waals surface area contributed by atoms with E-state index in [0.29, 0.717) is 31.3 Å². The molecule has 1 aliphatic heterocycles. The summed E-state index contributed by atoms with van der Waals surface area (Å²) >= 11 is 0. The van der Waals surface area contributed by atoms with Gasteiger partial charge >= 0.3 is 5.97 Å². The largest absolute Gasteiger partial charge is 0.492 e. The Kier molecular flexibility index (Phi) is 3.84. The Morgan fingerprint density at radius 1 is 1.56 bits per heavy atom. The number of carbonyl (C=O) groups excluding carboxylic acids is 1. The summed E-state index contributed by atoms with van der Waals surface area (Å²) in [6, 6.07) is 4.37. The second kappa shape index (κ2) is 5.38. The molecule has 1 atom stereocenters. The van der Waals surface area contributed by atoms with Crippen LogP contribution in [0, 0.1) is 17.7 Å². The molecule has 1 aromatic rings. The van der Waals surface area contributed by atoms with E-state index in [4.69, 9.17) is 9.47 Å². The number of hydrogen-bond acceptors (Lipinski definition) is 3. The van der Waals surface area contributed by atoms with E-state index in [9.17, 15) is 9.18 Å². The van der Waals surface area contributed by atoms with Crippen LogP contribution in [0.5, 0.6) is 5.75 Å². The van der Waals surface area contributed by atoms with Crippen molar-refractivity contribution in [2.75, 3.05) is 13.2 Å². The molecule has 0 aromatic heterocycles. The summed E-state index contributed by atoms with van der Waals surface area (Å²) in [4.78, 5) is 11.8. The second-order valence-electron chi connectivity index (χ2n) is 4.99. The summed E-state index contributed by atoms with van der Waals surface area (Å²) in [5, 5.41) is 0. The number of ether oxygens (including phenoxy) is 2. The molecule has 2 rings (SSSR count). The van der Waals surface area contributed by atoms with Gasteiger partial charge in [0.25, 0.3) is 0 Å². The van der Waals surface area contributed by atoms with Crippen molar-refractivity contribution in [2.24, 2.45) is 11.8 Å². The molecule has 0 spiro atoms. The molecular weight excluding hydrogens is 235 g/mol.